The van der Waals surface area contributed by atoms with Crippen molar-refractivity contribution < 1.29 is 0 Å². The van der Waals surface area contributed by atoms with Crippen LogP contribution in [-0.4, -0.2) is 29.5 Å². The minimum Gasteiger partial charge on any atom is -0.303 e. The molecular formula is C12H19ClN2S. The summed E-state index contributed by atoms with van der Waals surface area (Å²) in [6.07, 6.45) is 6.51. The average molecular weight is 259 g/mol. The lowest BCUT2D eigenvalue weighted by Crippen LogP contribution is -2.37. The largest absolute Gasteiger partial charge is 0.303 e. The van der Waals surface area contributed by atoms with Gasteiger partial charge in [-0.2, -0.15) is 0 Å². The van der Waals surface area contributed by atoms with Gasteiger partial charge in [0.15, 0.2) is 0 Å². The monoisotopic (exact) mass is 258 g/mol. The molecule has 16 heavy (non-hydrogen) atoms. The molecule has 1 aromatic rings. The van der Waals surface area contributed by atoms with Crippen molar-refractivity contribution in [3.05, 3.63) is 16.1 Å². The number of alkyl halides is 1. The zero-order chi connectivity index (χ0) is 11.4. The number of thiazole rings is 1. The van der Waals surface area contributed by atoms with Gasteiger partial charge in [-0.3, -0.25) is 0 Å². The smallest absolute Gasteiger partial charge is 0.0929 e. The van der Waals surface area contributed by atoms with E-state index in [1.54, 1.807) is 11.3 Å². The fourth-order valence-corrected chi connectivity index (χ4v) is 3.08. The summed E-state index contributed by atoms with van der Waals surface area (Å²) in [5, 5.41) is 3.30. The minimum absolute atomic E-state index is 0.540. The minimum atomic E-state index is 0.540. The number of halogens is 1. The summed E-state index contributed by atoms with van der Waals surface area (Å²) in [7, 11) is 2.25. The molecule has 1 fully saturated rings. The molecule has 0 radical (unpaired) electrons. The molecule has 0 saturated heterocycles. The third-order valence-electron chi connectivity index (χ3n) is 3.34. The van der Waals surface area contributed by atoms with Crippen molar-refractivity contribution in [3.63, 3.8) is 0 Å². The van der Waals surface area contributed by atoms with Gasteiger partial charge in [0.1, 0.15) is 0 Å². The fourth-order valence-electron chi connectivity index (χ4n) is 2.01. The van der Waals surface area contributed by atoms with Crippen LogP contribution in [0.3, 0.4) is 0 Å². The van der Waals surface area contributed by atoms with Crippen molar-refractivity contribution in [2.24, 2.45) is 0 Å². The quantitative estimate of drug-likeness (QED) is 0.728. The van der Waals surface area contributed by atoms with Crippen molar-refractivity contribution in [1.82, 2.24) is 9.88 Å². The van der Waals surface area contributed by atoms with E-state index in [0.717, 1.165) is 18.2 Å². The van der Waals surface area contributed by atoms with Gasteiger partial charge in [-0.15, -0.1) is 22.9 Å². The molecule has 1 aliphatic rings. The molecule has 0 N–H and O–H groups in total. The highest BCUT2D eigenvalue weighted by Gasteiger charge is 2.21. The average Bonchev–Trinajstić information content (AvgIpc) is 2.63. The van der Waals surface area contributed by atoms with Crippen LogP contribution in [0, 0.1) is 0 Å². The third kappa shape index (κ3) is 3.19. The number of rotatable bonds is 6. The molecule has 0 atom stereocenters. The van der Waals surface area contributed by atoms with E-state index in [-0.39, 0.29) is 0 Å². The Hall–Kier alpha value is -0.120. The van der Waals surface area contributed by atoms with E-state index in [1.165, 1.54) is 37.2 Å². The molecule has 0 spiro atoms. The molecule has 0 aromatic carbocycles. The number of hydrogen-bond acceptors (Lipinski definition) is 3. The summed E-state index contributed by atoms with van der Waals surface area (Å²) in [5.74, 6) is 0.540. The Kier molecular flexibility index (Phi) is 4.62. The van der Waals surface area contributed by atoms with Gasteiger partial charge in [0.2, 0.25) is 0 Å². The standard InChI is InChI=1S/C12H19ClN2S/c1-15(11-4-2-5-11)7-3-6-12-14-10(8-13)9-16-12/h9,11H,2-8H2,1H3. The first-order valence-corrected chi connectivity index (χ1v) is 7.40. The van der Waals surface area contributed by atoms with E-state index in [4.69, 9.17) is 11.6 Å². The lowest BCUT2D eigenvalue weighted by molar-refractivity contribution is 0.158. The van der Waals surface area contributed by atoms with Gasteiger partial charge >= 0.3 is 0 Å². The molecular weight excluding hydrogens is 240 g/mol. The van der Waals surface area contributed by atoms with Gasteiger partial charge in [0, 0.05) is 17.8 Å². The van der Waals surface area contributed by atoms with Crippen LogP contribution >= 0.6 is 22.9 Å². The Bertz CT molecular complexity index is 323. The number of hydrogen-bond donors (Lipinski definition) is 0. The normalized spacial score (nSPS) is 16.7. The summed E-state index contributed by atoms with van der Waals surface area (Å²) < 4.78 is 0. The molecule has 0 bridgehead atoms. The second-order valence-corrected chi connectivity index (χ2v) is 5.75. The van der Waals surface area contributed by atoms with Crippen LogP contribution in [0.15, 0.2) is 5.38 Å². The molecule has 2 rings (SSSR count). The second-order valence-electron chi connectivity index (χ2n) is 4.54. The summed E-state index contributed by atoms with van der Waals surface area (Å²) in [4.78, 5) is 6.97. The first kappa shape index (κ1) is 12.3. The van der Waals surface area contributed by atoms with Crippen LogP contribution in [0.4, 0.5) is 0 Å². The van der Waals surface area contributed by atoms with E-state index >= 15 is 0 Å². The van der Waals surface area contributed by atoms with Gasteiger partial charge in [0.25, 0.3) is 0 Å². The molecule has 1 aromatic heterocycles. The van der Waals surface area contributed by atoms with E-state index in [1.807, 2.05) is 0 Å². The SMILES string of the molecule is CN(CCCc1nc(CCl)cs1)C1CCC1. The van der Waals surface area contributed by atoms with Crippen molar-refractivity contribution >= 4 is 22.9 Å². The Morgan fingerprint density at radius 2 is 2.38 bits per heavy atom. The first-order chi connectivity index (χ1) is 7.79. The number of aromatic nitrogens is 1. The van der Waals surface area contributed by atoms with E-state index in [2.05, 4.69) is 22.3 Å². The highest BCUT2D eigenvalue weighted by atomic mass is 35.5. The van der Waals surface area contributed by atoms with Crippen molar-refractivity contribution in [3.8, 4) is 0 Å². The molecule has 1 aliphatic carbocycles. The van der Waals surface area contributed by atoms with Crippen molar-refractivity contribution in [2.45, 2.75) is 44.0 Å². The van der Waals surface area contributed by atoms with Crippen molar-refractivity contribution in [2.75, 3.05) is 13.6 Å². The van der Waals surface area contributed by atoms with Gasteiger partial charge in [-0.1, -0.05) is 6.42 Å². The number of nitrogens with zero attached hydrogens (tertiary/aromatic N) is 2. The predicted octanol–water partition coefficient (Wildman–Crippen LogP) is 3.30. The third-order valence-corrected chi connectivity index (χ3v) is 4.57. The number of aryl methyl sites for hydroxylation is 1. The van der Waals surface area contributed by atoms with Gasteiger partial charge in [-0.05, 0) is 32.9 Å². The molecule has 0 aliphatic heterocycles. The van der Waals surface area contributed by atoms with Crippen LogP contribution in [-0.2, 0) is 12.3 Å². The molecule has 2 nitrogen and oxygen atoms in total. The maximum Gasteiger partial charge on any atom is 0.0929 e. The Morgan fingerprint density at radius 3 is 2.94 bits per heavy atom. The molecule has 1 saturated carbocycles. The van der Waals surface area contributed by atoms with Gasteiger partial charge in [0.05, 0.1) is 16.6 Å². The van der Waals surface area contributed by atoms with Crippen LogP contribution < -0.4 is 0 Å². The van der Waals surface area contributed by atoms with Crippen LogP contribution in [0.25, 0.3) is 0 Å². The maximum absolute atomic E-state index is 5.73. The summed E-state index contributed by atoms with van der Waals surface area (Å²) in [6, 6.07) is 0.856. The van der Waals surface area contributed by atoms with E-state index < -0.39 is 0 Å². The lowest BCUT2D eigenvalue weighted by Gasteiger charge is -2.34. The zero-order valence-electron chi connectivity index (χ0n) is 9.79. The highest BCUT2D eigenvalue weighted by Crippen LogP contribution is 2.23. The summed E-state index contributed by atoms with van der Waals surface area (Å²) in [5.41, 5.74) is 1.02. The Labute approximate surface area is 107 Å². The van der Waals surface area contributed by atoms with E-state index in [9.17, 15) is 0 Å². The molecule has 1 heterocycles. The molecule has 90 valence electrons. The lowest BCUT2D eigenvalue weighted by atomic mass is 9.92. The molecule has 0 unspecified atom stereocenters. The van der Waals surface area contributed by atoms with Gasteiger partial charge in [-0.25, -0.2) is 4.98 Å². The Balaban J connectivity index is 1.66. The fraction of sp³-hybridized carbons (Fsp3) is 0.750. The predicted molar refractivity (Wildman–Crippen MR) is 70.3 cm³/mol. The molecule has 4 heteroatoms. The van der Waals surface area contributed by atoms with Crippen LogP contribution in [0.5, 0.6) is 0 Å². The zero-order valence-corrected chi connectivity index (χ0v) is 11.4. The van der Waals surface area contributed by atoms with E-state index in [0.29, 0.717) is 5.88 Å². The van der Waals surface area contributed by atoms with Crippen molar-refractivity contribution in [1.29, 1.82) is 0 Å². The topological polar surface area (TPSA) is 16.1 Å². The van der Waals surface area contributed by atoms with Crippen LogP contribution in [0.1, 0.15) is 36.4 Å². The molecule has 0 amide bonds. The van der Waals surface area contributed by atoms with Crippen LogP contribution in [0.2, 0.25) is 0 Å². The first-order valence-electron chi connectivity index (χ1n) is 5.99. The van der Waals surface area contributed by atoms with Gasteiger partial charge < -0.3 is 4.90 Å². The maximum atomic E-state index is 5.73. The second kappa shape index (κ2) is 5.99. The Morgan fingerprint density at radius 1 is 1.56 bits per heavy atom. The summed E-state index contributed by atoms with van der Waals surface area (Å²) in [6.45, 7) is 1.19. The summed E-state index contributed by atoms with van der Waals surface area (Å²) >= 11 is 7.47. The highest BCUT2D eigenvalue weighted by molar-refractivity contribution is 7.09.